The average molecular weight is 186 g/mol. The van der Waals surface area contributed by atoms with Crippen LogP contribution in [0.2, 0.25) is 0 Å². The van der Waals surface area contributed by atoms with Crippen LogP contribution in [-0.2, 0) is 9.09 Å². The van der Waals surface area contributed by atoms with Gasteiger partial charge in [0.15, 0.2) is 0 Å². The molecule has 0 rings (SSSR count). The fourth-order valence-electron chi connectivity index (χ4n) is 0.407. The molecule has 0 bridgehead atoms. The molecule has 0 unspecified atom stereocenters. The highest BCUT2D eigenvalue weighted by Crippen LogP contribution is 2.35. The van der Waals surface area contributed by atoms with Crippen LogP contribution in [0.3, 0.4) is 0 Å². The van der Waals surface area contributed by atoms with Gasteiger partial charge in [-0.1, -0.05) is 13.8 Å². The van der Waals surface area contributed by atoms with Crippen molar-refractivity contribution in [2.24, 2.45) is 5.92 Å². The molecule has 0 aliphatic rings. The van der Waals surface area contributed by atoms with Crippen LogP contribution in [0.25, 0.3) is 0 Å². The molecule has 0 amide bonds. The van der Waals surface area contributed by atoms with Gasteiger partial charge in [-0.25, -0.2) is 4.57 Å². The lowest BCUT2D eigenvalue weighted by Crippen LogP contribution is -1.96. The molecule has 0 spiro atoms. The quantitative estimate of drug-likeness (QED) is 0.579. The summed E-state index contributed by atoms with van der Waals surface area (Å²) in [6, 6.07) is 0. The summed E-state index contributed by atoms with van der Waals surface area (Å²) in [4.78, 5) is 16.4. The first-order chi connectivity index (χ1) is 4.42. The number of phosphoric acid groups is 1. The predicted octanol–water partition coefficient (Wildman–Crippen LogP) is 1.52. The van der Waals surface area contributed by atoms with Crippen molar-refractivity contribution in [2.45, 2.75) is 20.3 Å². The highest BCUT2D eigenvalue weighted by Gasteiger charge is 2.12. The van der Waals surface area contributed by atoms with Crippen molar-refractivity contribution in [3.05, 3.63) is 0 Å². The van der Waals surface area contributed by atoms with Crippen LogP contribution in [0.4, 0.5) is 0 Å². The molecule has 6 heteroatoms. The van der Waals surface area contributed by atoms with E-state index in [2.05, 4.69) is 4.52 Å². The zero-order chi connectivity index (χ0) is 8.20. The standard InChI is InChI=1S/C5H13O4P.H3N/c1-5(2)3-4-9-10(6,7)8;/h5H,3-4H2,1-2H3,(H2,6,7,8);1H3/p+1. The molecule has 11 heavy (non-hydrogen) atoms. The maximum atomic E-state index is 10.1. The Labute approximate surface area is 66.6 Å². The molecule has 0 fully saturated rings. The van der Waals surface area contributed by atoms with Crippen LogP contribution in [0.5, 0.6) is 0 Å². The molecule has 6 N–H and O–H groups in total. The first kappa shape index (κ1) is 13.6. The summed E-state index contributed by atoms with van der Waals surface area (Å²) in [6.45, 7) is 4.05. The Hall–Kier alpha value is 0.0700. The summed E-state index contributed by atoms with van der Waals surface area (Å²) in [6.07, 6.45) is 0.672. The fourth-order valence-corrected chi connectivity index (χ4v) is 0.751. The average Bonchev–Trinajstić information content (AvgIpc) is 1.59. The number of phosphoric ester groups is 1. The lowest BCUT2D eigenvalue weighted by Gasteiger charge is -2.05. The minimum absolute atomic E-state index is 0. The molecule has 0 aliphatic heterocycles. The molecular formula is C5H17NO4P+. The van der Waals surface area contributed by atoms with Crippen LogP contribution in [0, 0.1) is 5.92 Å². The topological polar surface area (TPSA) is 103 Å². The summed E-state index contributed by atoms with van der Waals surface area (Å²) in [5.41, 5.74) is 0. The smallest absolute Gasteiger partial charge is 0.369 e. The Morgan fingerprint density at radius 1 is 1.45 bits per heavy atom. The van der Waals surface area contributed by atoms with E-state index in [1.165, 1.54) is 0 Å². The summed E-state index contributed by atoms with van der Waals surface area (Å²) >= 11 is 0. The second-order valence-corrected chi connectivity index (χ2v) is 3.75. The van der Waals surface area contributed by atoms with E-state index >= 15 is 0 Å². The summed E-state index contributed by atoms with van der Waals surface area (Å²) in [5, 5.41) is 0. The van der Waals surface area contributed by atoms with Crippen molar-refractivity contribution < 1.29 is 18.9 Å². The number of quaternary nitrogens is 1. The molecule has 0 radical (unpaired) electrons. The molecule has 0 aromatic carbocycles. The van der Waals surface area contributed by atoms with Gasteiger partial charge in [0.25, 0.3) is 0 Å². The van der Waals surface area contributed by atoms with Crippen molar-refractivity contribution in [3.8, 4) is 0 Å². The molecule has 0 aliphatic carbocycles. The Kier molecular flexibility index (Phi) is 7.05. The Bertz CT molecular complexity index is 132. The third-order valence-electron chi connectivity index (χ3n) is 0.955. The summed E-state index contributed by atoms with van der Waals surface area (Å²) in [7, 11) is -4.22. The van der Waals surface area contributed by atoms with Gasteiger partial charge in [0.05, 0.1) is 6.61 Å². The maximum absolute atomic E-state index is 10.1. The van der Waals surface area contributed by atoms with Crippen molar-refractivity contribution in [2.75, 3.05) is 6.61 Å². The van der Waals surface area contributed by atoms with Crippen molar-refractivity contribution in [1.29, 1.82) is 0 Å². The lowest BCUT2D eigenvalue weighted by molar-refractivity contribution is 0.188. The lowest BCUT2D eigenvalue weighted by atomic mass is 10.2. The van der Waals surface area contributed by atoms with Crippen LogP contribution in [0.1, 0.15) is 20.3 Å². The molecule has 0 heterocycles. The molecule has 0 saturated carbocycles. The van der Waals surface area contributed by atoms with Crippen LogP contribution >= 0.6 is 7.82 Å². The third-order valence-corrected chi connectivity index (χ3v) is 1.47. The molecule has 0 atom stereocenters. The molecular weight excluding hydrogens is 169 g/mol. The van der Waals surface area contributed by atoms with E-state index in [0.29, 0.717) is 12.3 Å². The highest BCUT2D eigenvalue weighted by atomic mass is 31.2. The predicted molar refractivity (Wildman–Crippen MR) is 43.4 cm³/mol. The van der Waals surface area contributed by atoms with E-state index in [-0.39, 0.29) is 12.8 Å². The van der Waals surface area contributed by atoms with Gasteiger partial charge in [0.2, 0.25) is 0 Å². The number of rotatable bonds is 4. The van der Waals surface area contributed by atoms with E-state index < -0.39 is 7.82 Å². The summed E-state index contributed by atoms with van der Waals surface area (Å²) < 4.78 is 14.3. The van der Waals surface area contributed by atoms with E-state index in [0.717, 1.165) is 0 Å². The summed E-state index contributed by atoms with van der Waals surface area (Å²) in [5.74, 6) is 0.409. The molecule has 70 valence electrons. The van der Waals surface area contributed by atoms with Crippen LogP contribution in [-0.4, -0.2) is 16.4 Å². The second-order valence-electron chi connectivity index (χ2n) is 2.51. The number of hydrogen-bond donors (Lipinski definition) is 3. The van der Waals surface area contributed by atoms with Gasteiger partial charge in [-0.15, -0.1) is 0 Å². The minimum atomic E-state index is -4.22. The van der Waals surface area contributed by atoms with Gasteiger partial charge in [0.1, 0.15) is 0 Å². The Morgan fingerprint density at radius 2 is 1.91 bits per heavy atom. The van der Waals surface area contributed by atoms with Gasteiger partial charge in [-0.05, 0) is 12.3 Å². The SMILES string of the molecule is CC(C)CCOP(=O)(O)O.[NH4+]. The molecule has 5 nitrogen and oxygen atoms in total. The van der Waals surface area contributed by atoms with Gasteiger partial charge >= 0.3 is 7.82 Å². The fraction of sp³-hybridized carbons (Fsp3) is 1.00. The largest absolute Gasteiger partial charge is 0.469 e. The molecule has 0 aromatic rings. The van der Waals surface area contributed by atoms with E-state index in [1.807, 2.05) is 13.8 Å². The zero-order valence-electron chi connectivity index (χ0n) is 7.15. The highest BCUT2D eigenvalue weighted by molar-refractivity contribution is 7.46. The van der Waals surface area contributed by atoms with E-state index in [1.54, 1.807) is 0 Å². The van der Waals surface area contributed by atoms with E-state index in [4.69, 9.17) is 9.79 Å². The normalized spacial score (nSPS) is 11.4. The molecule has 0 saturated heterocycles. The second kappa shape index (κ2) is 5.69. The van der Waals surface area contributed by atoms with Crippen molar-refractivity contribution in [1.82, 2.24) is 6.15 Å². The minimum Gasteiger partial charge on any atom is -0.369 e. The monoisotopic (exact) mass is 186 g/mol. The van der Waals surface area contributed by atoms with Crippen molar-refractivity contribution >= 4 is 7.82 Å². The third kappa shape index (κ3) is 13.1. The number of hydrogen-bond acceptors (Lipinski definition) is 2. The zero-order valence-corrected chi connectivity index (χ0v) is 8.04. The van der Waals surface area contributed by atoms with Crippen molar-refractivity contribution in [3.63, 3.8) is 0 Å². The van der Waals surface area contributed by atoms with Gasteiger partial charge in [-0.2, -0.15) is 0 Å². The molecule has 0 aromatic heterocycles. The van der Waals surface area contributed by atoms with Gasteiger partial charge < -0.3 is 15.9 Å². The van der Waals surface area contributed by atoms with Crippen LogP contribution < -0.4 is 6.15 Å². The first-order valence-corrected chi connectivity index (χ1v) is 4.65. The van der Waals surface area contributed by atoms with Gasteiger partial charge in [-0.3, -0.25) is 4.52 Å². The van der Waals surface area contributed by atoms with E-state index in [9.17, 15) is 4.57 Å². The maximum Gasteiger partial charge on any atom is 0.469 e. The Morgan fingerprint density at radius 3 is 2.18 bits per heavy atom. The van der Waals surface area contributed by atoms with Crippen LogP contribution in [0.15, 0.2) is 0 Å². The van der Waals surface area contributed by atoms with Gasteiger partial charge in [0, 0.05) is 0 Å². The Balaban J connectivity index is 0. The first-order valence-electron chi connectivity index (χ1n) is 3.12.